The van der Waals surface area contributed by atoms with Crippen molar-refractivity contribution in [2.45, 2.75) is 19.0 Å². The Morgan fingerprint density at radius 3 is 2.66 bits per heavy atom. The Morgan fingerprint density at radius 2 is 1.94 bits per heavy atom. The van der Waals surface area contributed by atoms with Gasteiger partial charge in [-0.2, -0.15) is 0 Å². The first kappa shape index (κ1) is 21.9. The van der Waals surface area contributed by atoms with Crippen molar-refractivity contribution in [3.05, 3.63) is 58.4 Å². The molecule has 10 heteroatoms. The summed E-state index contributed by atoms with van der Waals surface area (Å²) < 4.78 is 25.1. The fourth-order valence-corrected chi connectivity index (χ4v) is 3.88. The molecule has 0 radical (unpaired) electrons. The first-order valence-electron chi connectivity index (χ1n) is 9.92. The van der Waals surface area contributed by atoms with Crippen molar-refractivity contribution < 1.29 is 28.2 Å². The summed E-state index contributed by atoms with van der Waals surface area (Å²) in [7, 11) is 1.45. The lowest BCUT2D eigenvalue weighted by Crippen LogP contribution is -2.43. The largest absolute Gasteiger partial charge is 0.486 e. The summed E-state index contributed by atoms with van der Waals surface area (Å²) in [5, 5.41) is 2.84. The molecule has 2 heterocycles. The maximum absolute atomic E-state index is 14.0. The number of urea groups is 1. The predicted molar refractivity (Wildman–Crippen MR) is 113 cm³/mol. The molecule has 4 rings (SSSR count). The van der Waals surface area contributed by atoms with Crippen LogP contribution in [0, 0.1) is 5.82 Å². The number of amides is 4. The maximum atomic E-state index is 14.0. The molecule has 4 amide bonds. The summed E-state index contributed by atoms with van der Waals surface area (Å²) in [4.78, 5) is 40.5. The van der Waals surface area contributed by atoms with E-state index in [0.29, 0.717) is 30.3 Å². The van der Waals surface area contributed by atoms with Gasteiger partial charge in [0.25, 0.3) is 5.91 Å². The lowest BCUT2D eigenvalue weighted by atomic mass is 9.91. The minimum absolute atomic E-state index is 0.104. The highest BCUT2D eigenvalue weighted by Crippen LogP contribution is 2.36. The smallest absolute Gasteiger partial charge is 0.325 e. The summed E-state index contributed by atoms with van der Waals surface area (Å²) in [5.41, 5.74) is -0.717. The number of benzene rings is 2. The Morgan fingerprint density at radius 1 is 1.22 bits per heavy atom. The Labute approximate surface area is 188 Å². The van der Waals surface area contributed by atoms with E-state index >= 15 is 0 Å². The molecular formula is C22H21ClFN3O5. The van der Waals surface area contributed by atoms with E-state index in [1.807, 2.05) is 0 Å². The average Bonchev–Trinajstić information content (AvgIpc) is 2.99. The zero-order valence-corrected chi connectivity index (χ0v) is 18.2. The van der Waals surface area contributed by atoms with Crippen LogP contribution in [0.25, 0.3) is 0 Å². The minimum Gasteiger partial charge on any atom is -0.486 e. The van der Waals surface area contributed by atoms with Crippen LogP contribution in [0.15, 0.2) is 36.4 Å². The fourth-order valence-electron chi connectivity index (χ4n) is 3.66. The second kappa shape index (κ2) is 8.31. The van der Waals surface area contributed by atoms with Gasteiger partial charge in [0, 0.05) is 24.2 Å². The molecular weight excluding hydrogens is 441 g/mol. The highest BCUT2D eigenvalue weighted by Gasteiger charge is 2.50. The van der Waals surface area contributed by atoms with Crippen molar-refractivity contribution in [3.8, 4) is 11.5 Å². The number of fused-ring (bicyclic) bond motifs is 1. The van der Waals surface area contributed by atoms with Gasteiger partial charge in [-0.1, -0.05) is 23.7 Å². The number of nitrogens with zero attached hydrogens (tertiary/aromatic N) is 2. The predicted octanol–water partition coefficient (Wildman–Crippen LogP) is 2.68. The Kier molecular flexibility index (Phi) is 5.68. The molecule has 0 aromatic heterocycles. The zero-order chi connectivity index (χ0) is 23.0. The average molecular weight is 462 g/mol. The van der Waals surface area contributed by atoms with Crippen LogP contribution < -0.4 is 14.8 Å². The van der Waals surface area contributed by atoms with Crippen LogP contribution >= 0.6 is 11.6 Å². The molecule has 0 unspecified atom stereocenters. The number of likely N-dealkylation sites (N-methyl/N-ethyl adjacent to an activating group) is 1. The van der Waals surface area contributed by atoms with E-state index in [0.717, 1.165) is 4.90 Å². The van der Waals surface area contributed by atoms with Crippen LogP contribution in [0.2, 0.25) is 5.02 Å². The molecule has 2 aliphatic heterocycles. The normalized spacial score (nSPS) is 19.7. The number of carbonyl (C=O) groups excluding carboxylic acids is 3. The first-order valence-corrected chi connectivity index (χ1v) is 10.3. The van der Waals surface area contributed by atoms with Crippen molar-refractivity contribution in [2.75, 3.05) is 26.8 Å². The third-order valence-corrected chi connectivity index (χ3v) is 5.92. The highest BCUT2D eigenvalue weighted by molar-refractivity contribution is 6.31. The third-order valence-electron chi connectivity index (χ3n) is 5.57. The van der Waals surface area contributed by atoms with Gasteiger partial charge in [-0.25, -0.2) is 9.18 Å². The first-order chi connectivity index (χ1) is 15.2. The van der Waals surface area contributed by atoms with Crippen LogP contribution in [0.5, 0.6) is 11.5 Å². The third kappa shape index (κ3) is 3.84. The van der Waals surface area contributed by atoms with E-state index in [1.54, 1.807) is 25.1 Å². The lowest BCUT2D eigenvalue weighted by Gasteiger charge is -2.25. The zero-order valence-electron chi connectivity index (χ0n) is 17.5. The molecule has 1 fully saturated rings. The number of imide groups is 1. The van der Waals surface area contributed by atoms with E-state index in [1.165, 1.54) is 30.1 Å². The standard InChI is InChI=1S/C22H21ClFN3O5/c1-22(13-6-7-17-18(10-13)32-9-8-31-17)20(29)27(21(30)25-22)12-19(28)26(2)11-14-15(23)4-3-5-16(14)24/h3-7,10H,8-9,11-12H2,1-2H3,(H,25,30)/t22-/m0/s1. The molecule has 2 aromatic carbocycles. The molecule has 168 valence electrons. The quantitative estimate of drug-likeness (QED) is 0.692. The van der Waals surface area contributed by atoms with Gasteiger partial charge in [0.1, 0.15) is 31.1 Å². The molecule has 1 saturated heterocycles. The van der Waals surface area contributed by atoms with E-state index in [9.17, 15) is 18.8 Å². The number of carbonyl (C=O) groups is 3. The number of ether oxygens (including phenoxy) is 2. The summed E-state index contributed by atoms with van der Waals surface area (Å²) in [5.74, 6) is -0.628. The van der Waals surface area contributed by atoms with Crippen molar-refractivity contribution >= 4 is 29.4 Å². The van der Waals surface area contributed by atoms with Gasteiger partial charge < -0.3 is 19.7 Å². The maximum Gasteiger partial charge on any atom is 0.325 e. The lowest BCUT2D eigenvalue weighted by molar-refractivity contribution is -0.138. The van der Waals surface area contributed by atoms with Crippen LogP contribution in [-0.2, 0) is 21.7 Å². The van der Waals surface area contributed by atoms with Gasteiger partial charge in [0.05, 0.1) is 0 Å². The van der Waals surface area contributed by atoms with E-state index in [2.05, 4.69) is 5.32 Å². The number of halogens is 2. The number of hydrogen-bond acceptors (Lipinski definition) is 5. The summed E-state index contributed by atoms with van der Waals surface area (Å²) in [6, 6.07) is 8.53. The molecule has 0 bridgehead atoms. The van der Waals surface area contributed by atoms with Crippen LogP contribution in [-0.4, -0.2) is 54.5 Å². The molecule has 0 aliphatic carbocycles. The number of nitrogens with one attached hydrogen (secondary N) is 1. The van der Waals surface area contributed by atoms with Gasteiger partial charge in [0.15, 0.2) is 11.5 Å². The number of rotatable bonds is 5. The van der Waals surface area contributed by atoms with Crippen molar-refractivity contribution in [2.24, 2.45) is 0 Å². The van der Waals surface area contributed by atoms with Crippen LogP contribution in [0.4, 0.5) is 9.18 Å². The molecule has 1 N–H and O–H groups in total. The van der Waals surface area contributed by atoms with Crippen molar-refractivity contribution in [1.29, 1.82) is 0 Å². The summed E-state index contributed by atoms with van der Waals surface area (Å²) in [6.07, 6.45) is 0. The molecule has 2 aromatic rings. The van der Waals surface area contributed by atoms with E-state index in [-0.39, 0.29) is 17.1 Å². The minimum atomic E-state index is -1.37. The van der Waals surface area contributed by atoms with Gasteiger partial charge in [-0.15, -0.1) is 0 Å². The van der Waals surface area contributed by atoms with Gasteiger partial charge >= 0.3 is 6.03 Å². The Balaban J connectivity index is 1.49. The Bertz CT molecular complexity index is 1090. The summed E-state index contributed by atoms with van der Waals surface area (Å²) in [6.45, 7) is 1.78. The second-order valence-corrected chi connectivity index (χ2v) is 8.16. The van der Waals surface area contributed by atoms with Crippen LogP contribution in [0.1, 0.15) is 18.1 Å². The summed E-state index contributed by atoms with van der Waals surface area (Å²) >= 11 is 6.02. The van der Waals surface area contributed by atoms with E-state index < -0.39 is 35.7 Å². The molecule has 32 heavy (non-hydrogen) atoms. The van der Waals surface area contributed by atoms with Crippen LogP contribution in [0.3, 0.4) is 0 Å². The molecule has 0 saturated carbocycles. The van der Waals surface area contributed by atoms with Crippen molar-refractivity contribution in [3.63, 3.8) is 0 Å². The van der Waals surface area contributed by atoms with Crippen molar-refractivity contribution in [1.82, 2.24) is 15.1 Å². The second-order valence-electron chi connectivity index (χ2n) is 7.75. The highest BCUT2D eigenvalue weighted by atomic mass is 35.5. The molecule has 8 nitrogen and oxygen atoms in total. The monoisotopic (exact) mass is 461 g/mol. The molecule has 0 spiro atoms. The molecule has 1 atom stereocenters. The number of hydrogen-bond donors (Lipinski definition) is 1. The van der Waals surface area contributed by atoms with Gasteiger partial charge in [-0.05, 0) is 36.8 Å². The molecule has 2 aliphatic rings. The van der Waals surface area contributed by atoms with E-state index in [4.69, 9.17) is 21.1 Å². The van der Waals surface area contributed by atoms with Gasteiger partial charge in [0.2, 0.25) is 5.91 Å². The topological polar surface area (TPSA) is 88.2 Å². The van der Waals surface area contributed by atoms with Gasteiger partial charge in [-0.3, -0.25) is 14.5 Å². The Hall–Kier alpha value is -3.33. The SMILES string of the molecule is CN(Cc1c(F)cccc1Cl)C(=O)CN1C(=O)N[C@@](C)(c2ccc3c(c2)OCCO3)C1=O. The fraction of sp³-hybridized carbons (Fsp3) is 0.318.